The fraction of sp³-hybridized carbons (Fsp3) is 0.0769. The van der Waals surface area contributed by atoms with Crippen molar-refractivity contribution in [2.45, 2.75) is 6.92 Å². The Bertz CT molecular complexity index is 652. The predicted molar refractivity (Wildman–Crippen MR) is 84.3 cm³/mol. The Hall–Kier alpha value is -1.43. The number of hydrogen-bond acceptors (Lipinski definition) is 3. The van der Waals surface area contributed by atoms with Crippen LogP contribution in [0.5, 0.6) is 0 Å². The quantitative estimate of drug-likeness (QED) is 0.852. The van der Waals surface area contributed by atoms with Crippen LogP contribution in [-0.4, -0.2) is 10.9 Å². The van der Waals surface area contributed by atoms with Gasteiger partial charge < -0.3 is 11.1 Å². The van der Waals surface area contributed by atoms with Gasteiger partial charge in [0.2, 0.25) is 0 Å². The zero-order valence-corrected chi connectivity index (χ0v) is 12.5. The lowest BCUT2D eigenvalue weighted by Gasteiger charge is -2.11. The molecule has 0 radical (unpaired) electrons. The standard InChI is InChI=1S/C13H11ClN2OS2/c1-7-3-2-4-8(11(7)12(15)18)16-13(17)9-5-6-10(14)19-9/h2-6H,1H3,(H2,15,18)(H,16,17). The minimum absolute atomic E-state index is 0.222. The molecule has 0 saturated heterocycles. The average Bonchev–Trinajstić information content (AvgIpc) is 2.75. The molecular weight excluding hydrogens is 300 g/mol. The molecule has 19 heavy (non-hydrogen) atoms. The molecule has 1 aromatic heterocycles. The van der Waals surface area contributed by atoms with Gasteiger partial charge in [-0.2, -0.15) is 0 Å². The summed E-state index contributed by atoms with van der Waals surface area (Å²) in [6.07, 6.45) is 0. The van der Waals surface area contributed by atoms with Crippen LogP contribution in [-0.2, 0) is 0 Å². The second-order valence-corrected chi connectivity index (χ2v) is 6.07. The number of rotatable bonds is 3. The van der Waals surface area contributed by atoms with E-state index in [0.29, 0.717) is 20.5 Å². The maximum absolute atomic E-state index is 12.1. The van der Waals surface area contributed by atoms with Gasteiger partial charge in [-0.1, -0.05) is 36.0 Å². The molecule has 1 heterocycles. The Morgan fingerprint density at radius 3 is 2.68 bits per heavy atom. The van der Waals surface area contributed by atoms with Crippen molar-refractivity contribution in [1.82, 2.24) is 0 Å². The number of amides is 1. The first-order valence-corrected chi connectivity index (χ1v) is 7.05. The Kier molecular flexibility index (Phi) is 4.19. The summed E-state index contributed by atoms with van der Waals surface area (Å²) in [4.78, 5) is 12.9. The van der Waals surface area contributed by atoms with Crippen molar-refractivity contribution in [2.24, 2.45) is 5.73 Å². The Morgan fingerprint density at radius 1 is 1.37 bits per heavy atom. The number of hydrogen-bond donors (Lipinski definition) is 2. The van der Waals surface area contributed by atoms with Crippen molar-refractivity contribution < 1.29 is 4.79 Å². The van der Waals surface area contributed by atoms with E-state index in [2.05, 4.69) is 5.32 Å². The number of carbonyl (C=O) groups excluding carboxylic acids is 1. The molecule has 3 N–H and O–H groups in total. The van der Waals surface area contributed by atoms with Crippen molar-refractivity contribution in [3.05, 3.63) is 50.7 Å². The highest BCUT2D eigenvalue weighted by molar-refractivity contribution is 7.80. The van der Waals surface area contributed by atoms with E-state index in [0.717, 1.165) is 5.56 Å². The molecule has 0 aliphatic rings. The molecule has 0 saturated carbocycles. The van der Waals surface area contributed by atoms with Crippen molar-refractivity contribution in [3.63, 3.8) is 0 Å². The van der Waals surface area contributed by atoms with E-state index in [1.54, 1.807) is 18.2 Å². The second kappa shape index (κ2) is 5.69. The number of thiocarbonyl (C=S) groups is 1. The van der Waals surface area contributed by atoms with Gasteiger partial charge in [-0.05, 0) is 30.7 Å². The molecule has 6 heteroatoms. The van der Waals surface area contributed by atoms with Gasteiger partial charge in [-0.3, -0.25) is 4.79 Å². The summed E-state index contributed by atoms with van der Waals surface area (Å²) in [5.41, 5.74) is 7.92. The monoisotopic (exact) mass is 310 g/mol. The van der Waals surface area contributed by atoms with E-state index in [4.69, 9.17) is 29.6 Å². The maximum Gasteiger partial charge on any atom is 0.265 e. The summed E-state index contributed by atoms with van der Waals surface area (Å²) < 4.78 is 0.573. The number of anilines is 1. The smallest absolute Gasteiger partial charge is 0.265 e. The topological polar surface area (TPSA) is 55.1 Å². The van der Waals surface area contributed by atoms with Gasteiger partial charge in [0.15, 0.2) is 0 Å². The largest absolute Gasteiger partial charge is 0.389 e. The summed E-state index contributed by atoms with van der Waals surface area (Å²) >= 11 is 12.1. The fourth-order valence-electron chi connectivity index (χ4n) is 1.72. The van der Waals surface area contributed by atoms with E-state index < -0.39 is 0 Å². The molecule has 2 aromatic rings. The van der Waals surface area contributed by atoms with Crippen LogP contribution in [0.15, 0.2) is 30.3 Å². The van der Waals surface area contributed by atoms with Crippen molar-refractivity contribution in [1.29, 1.82) is 0 Å². The lowest BCUT2D eigenvalue weighted by atomic mass is 10.1. The molecule has 3 nitrogen and oxygen atoms in total. The van der Waals surface area contributed by atoms with Crippen LogP contribution in [0, 0.1) is 6.92 Å². The van der Waals surface area contributed by atoms with Crippen LogP contribution in [0.2, 0.25) is 4.34 Å². The molecule has 98 valence electrons. The van der Waals surface area contributed by atoms with Gasteiger partial charge in [0, 0.05) is 5.56 Å². The van der Waals surface area contributed by atoms with Crippen molar-refractivity contribution in [2.75, 3.05) is 5.32 Å². The zero-order valence-electron chi connectivity index (χ0n) is 10.1. The van der Waals surface area contributed by atoms with E-state index in [9.17, 15) is 4.79 Å². The van der Waals surface area contributed by atoms with Crippen LogP contribution in [0.1, 0.15) is 20.8 Å². The third kappa shape index (κ3) is 3.12. The highest BCUT2D eigenvalue weighted by Crippen LogP contribution is 2.24. The number of benzene rings is 1. The van der Waals surface area contributed by atoms with Crippen LogP contribution in [0.3, 0.4) is 0 Å². The summed E-state index contributed by atoms with van der Waals surface area (Å²) in [6.45, 7) is 1.89. The van der Waals surface area contributed by atoms with E-state index in [1.807, 2.05) is 19.1 Å². The lowest BCUT2D eigenvalue weighted by molar-refractivity contribution is 0.103. The first-order chi connectivity index (χ1) is 8.99. The van der Waals surface area contributed by atoms with Crippen LogP contribution in [0.4, 0.5) is 5.69 Å². The molecule has 0 atom stereocenters. The Morgan fingerprint density at radius 2 is 2.11 bits per heavy atom. The van der Waals surface area contributed by atoms with E-state index in [-0.39, 0.29) is 10.9 Å². The molecule has 2 rings (SSSR count). The van der Waals surface area contributed by atoms with E-state index >= 15 is 0 Å². The van der Waals surface area contributed by atoms with Crippen molar-refractivity contribution >= 4 is 51.7 Å². The normalized spacial score (nSPS) is 10.2. The molecule has 0 spiro atoms. The number of nitrogens with one attached hydrogen (secondary N) is 1. The van der Waals surface area contributed by atoms with Crippen LogP contribution < -0.4 is 11.1 Å². The second-order valence-electron chi connectivity index (χ2n) is 3.92. The van der Waals surface area contributed by atoms with Gasteiger partial charge in [-0.15, -0.1) is 11.3 Å². The summed E-state index contributed by atoms with van der Waals surface area (Å²) in [5, 5.41) is 2.81. The summed E-state index contributed by atoms with van der Waals surface area (Å²) in [7, 11) is 0. The van der Waals surface area contributed by atoms with Crippen molar-refractivity contribution in [3.8, 4) is 0 Å². The molecule has 1 amide bonds. The predicted octanol–water partition coefficient (Wildman–Crippen LogP) is 3.60. The maximum atomic E-state index is 12.1. The third-order valence-electron chi connectivity index (χ3n) is 2.56. The highest BCUT2D eigenvalue weighted by Gasteiger charge is 2.13. The van der Waals surface area contributed by atoms with Gasteiger partial charge >= 0.3 is 0 Å². The molecule has 0 aliphatic heterocycles. The number of nitrogens with two attached hydrogens (primary N) is 1. The van der Waals surface area contributed by atoms with Gasteiger partial charge in [0.25, 0.3) is 5.91 Å². The average molecular weight is 311 g/mol. The SMILES string of the molecule is Cc1cccc(NC(=O)c2ccc(Cl)s2)c1C(N)=S. The number of thiophene rings is 1. The Balaban J connectivity index is 2.31. The molecule has 0 bridgehead atoms. The number of carbonyl (C=O) groups is 1. The zero-order chi connectivity index (χ0) is 14.0. The van der Waals surface area contributed by atoms with Gasteiger partial charge in [0.05, 0.1) is 14.9 Å². The van der Waals surface area contributed by atoms with Crippen LogP contribution in [0.25, 0.3) is 0 Å². The van der Waals surface area contributed by atoms with Gasteiger partial charge in [-0.25, -0.2) is 0 Å². The lowest BCUT2D eigenvalue weighted by Crippen LogP contribution is -2.18. The molecule has 0 fully saturated rings. The number of halogens is 1. The molecule has 0 unspecified atom stereocenters. The van der Waals surface area contributed by atoms with E-state index in [1.165, 1.54) is 11.3 Å². The van der Waals surface area contributed by atoms with Gasteiger partial charge in [0.1, 0.15) is 4.99 Å². The highest BCUT2D eigenvalue weighted by atomic mass is 35.5. The minimum Gasteiger partial charge on any atom is -0.389 e. The Labute approximate surface area is 125 Å². The molecule has 1 aromatic carbocycles. The minimum atomic E-state index is -0.222. The molecule has 0 aliphatic carbocycles. The first-order valence-electron chi connectivity index (χ1n) is 5.45. The van der Waals surface area contributed by atoms with Crippen LogP contribution >= 0.6 is 35.2 Å². The number of aryl methyl sites for hydroxylation is 1. The first kappa shape index (κ1) is 14.0. The summed E-state index contributed by atoms with van der Waals surface area (Å²) in [5.74, 6) is -0.222. The third-order valence-corrected chi connectivity index (χ3v) is 4.00. The summed E-state index contributed by atoms with van der Waals surface area (Å²) in [6, 6.07) is 8.87. The fourth-order valence-corrected chi connectivity index (χ4v) is 2.93. The molecular formula is C13H11ClN2OS2.